The number of carbonyl (C=O) groups excluding carboxylic acids is 2. The standard InChI is InChI=1S/C18H27N3O2/c1-2-3-13-19-18(23)21-16-11-9-14(10-12-16)17(22)20-15-7-5-4-6-8-15/h9-12,15H,2-8,13H2,1H3,(H,20,22)(H2,19,21,23). The van der Waals surface area contributed by atoms with Gasteiger partial charge in [0.25, 0.3) is 5.91 Å². The van der Waals surface area contributed by atoms with E-state index in [0.29, 0.717) is 23.8 Å². The Bertz CT molecular complexity index is 508. The van der Waals surface area contributed by atoms with E-state index < -0.39 is 0 Å². The van der Waals surface area contributed by atoms with Gasteiger partial charge in [-0.2, -0.15) is 0 Å². The molecule has 1 saturated carbocycles. The summed E-state index contributed by atoms with van der Waals surface area (Å²) in [6.45, 7) is 2.75. The maximum absolute atomic E-state index is 12.2. The molecule has 0 atom stereocenters. The summed E-state index contributed by atoms with van der Waals surface area (Å²) in [6, 6.07) is 7.11. The Balaban J connectivity index is 1.81. The van der Waals surface area contributed by atoms with Gasteiger partial charge in [-0.05, 0) is 43.5 Å². The average Bonchev–Trinajstić information content (AvgIpc) is 2.56. The summed E-state index contributed by atoms with van der Waals surface area (Å²) in [4.78, 5) is 23.9. The molecule has 0 spiro atoms. The highest BCUT2D eigenvalue weighted by atomic mass is 16.2. The Morgan fingerprint density at radius 2 is 1.78 bits per heavy atom. The summed E-state index contributed by atoms with van der Waals surface area (Å²) in [7, 11) is 0. The van der Waals surface area contributed by atoms with E-state index in [2.05, 4.69) is 22.9 Å². The molecule has 3 amide bonds. The zero-order valence-electron chi connectivity index (χ0n) is 13.9. The van der Waals surface area contributed by atoms with Gasteiger partial charge in [-0.15, -0.1) is 0 Å². The predicted molar refractivity (Wildman–Crippen MR) is 92.7 cm³/mol. The third-order valence-corrected chi connectivity index (χ3v) is 4.16. The van der Waals surface area contributed by atoms with Crippen LogP contribution in [0.3, 0.4) is 0 Å². The molecule has 3 N–H and O–H groups in total. The maximum atomic E-state index is 12.2. The van der Waals surface area contributed by atoms with Crippen molar-refractivity contribution in [3.8, 4) is 0 Å². The van der Waals surface area contributed by atoms with Crippen LogP contribution in [-0.4, -0.2) is 24.5 Å². The van der Waals surface area contributed by atoms with Crippen molar-refractivity contribution in [3.63, 3.8) is 0 Å². The Kier molecular flexibility index (Phi) is 6.91. The topological polar surface area (TPSA) is 70.2 Å². The molecule has 5 nitrogen and oxygen atoms in total. The number of carbonyl (C=O) groups is 2. The molecule has 0 aromatic heterocycles. The van der Waals surface area contributed by atoms with Crippen LogP contribution in [0.1, 0.15) is 62.2 Å². The lowest BCUT2D eigenvalue weighted by Gasteiger charge is -2.22. The number of benzene rings is 1. The van der Waals surface area contributed by atoms with E-state index in [1.165, 1.54) is 19.3 Å². The molecule has 0 heterocycles. The molecule has 1 aliphatic rings. The van der Waals surface area contributed by atoms with Crippen molar-refractivity contribution < 1.29 is 9.59 Å². The number of hydrogen-bond donors (Lipinski definition) is 3. The van der Waals surface area contributed by atoms with E-state index >= 15 is 0 Å². The molecular weight excluding hydrogens is 290 g/mol. The van der Waals surface area contributed by atoms with Crippen LogP contribution in [0.2, 0.25) is 0 Å². The first-order valence-corrected chi connectivity index (χ1v) is 8.65. The minimum Gasteiger partial charge on any atom is -0.349 e. The van der Waals surface area contributed by atoms with E-state index in [1.54, 1.807) is 24.3 Å². The minimum atomic E-state index is -0.210. The second-order valence-corrected chi connectivity index (χ2v) is 6.12. The second kappa shape index (κ2) is 9.18. The molecule has 5 heteroatoms. The molecule has 1 aromatic carbocycles. The molecule has 0 unspecified atom stereocenters. The van der Waals surface area contributed by atoms with E-state index in [4.69, 9.17) is 0 Å². The molecule has 0 saturated heterocycles. The molecule has 0 radical (unpaired) electrons. The second-order valence-electron chi connectivity index (χ2n) is 6.12. The van der Waals surface area contributed by atoms with Crippen molar-refractivity contribution >= 4 is 17.6 Å². The third kappa shape index (κ3) is 5.93. The lowest BCUT2D eigenvalue weighted by atomic mass is 9.95. The monoisotopic (exact) mass is 317 g/mol. The Morgan fingerprint density at radius 1 is 1.09 bits per heavy atom. The van der Waals surface area contributed by atoms with Gasteiger partial charge in [-0.25, -0.2) is 4.79 Å². The lowest BCUT2D eigenvalue weighted by molar-refractivity contribution is 0.0927. The van der Waals surface area contributed by atoms with Gasteiger partial charge < -0.3 is 16.0 Å². The van der Waals surface area contributed by atoms with Crippen LogP contribution in [-0.2, 0) is 0 Å². The summed E-state index contributed by atoms with van der Waals surface area (Å²) in [5, 5.41) is 8.65. The summed E-state index contributed by atoms with van der Waals surface area (Å²) in [5.74, 6) is -0.0316. The Labute approximate surface area is 138 Å². The molecular formula is C18H27N3O2. The van der Waals surface area contributed by atoms with Crippen molar-refractivity contribution in [2.24, 2.45) is 0 Å². The van der Waals surface area contributed by atoms with Gasteiger partial charge in [0, 0.05) is 23.8 Å². The molecule has 1 fully saturated rings. The maximum Gasteiger partial charge on any atom is 0.319 e. The van der Waals surface area contributed by atoms with E-state index in [0.717, 1.165) is 25.7 Å². The van der Waals surface area contributed by atoms with Crippen molar-refractivity contribution in [3.05, 3.63) is 29.8 Å². The number of rotatable bonds is 6. The van der Waals surface area contributed by atoms with Crippen molar-refractivity contribution in [1.82, 2.24) is 10.6 Å². The normalized spacial score (nSPS) is 15.0. The number of urea groups is 1. The molecule has 0 aliphatic heterocycles. The Morgan fingerprint density at radius 3 is 2.43 bits per heavy atom. The smallest absolute Gasteiger partial charge is 0.319 e. The van der Waals surface area contributed by atoms with Gasteiger partial charge in [0.05, 0.1) is 0 Å². The summed E-state index contributed by atoms with van der Waals surface area (Å²) < 4.78 is 0. The number of nitrogens with one attached hydrogen (secondary N) is 3. The van der Waals surface area contributed by atoms with Crippen molar-refractivity contribution in [2.45, 2.75) is 57.9 Å². The van der Waals surface area contributed by atoms with Crippen LogP contribution in [0.4, 0.5) is 10.5 Å². The predicted octanol–water partition coefficient (Wildman–Crippen LogP) is 3.67. The van der Waals surface area contributed by atoms with Gasteiger partial charge in [0.2, 0.25) is 0 Å². The third-order valence-electron chi connectivity index (χ3n) is 4.16. The zero-order chi connectivity index (χ0) is 16.5. The van der Waals surface area contributed by atoms with Crippen molar-refractivity contribution in [1.29, 1.82) is 0 Å². The Hall–Kier alpha value is -2.04. The number of hydrogen-bond acceptors (Lipinski definition) is 2. The highest BCUT2D eigenvalue weighted by molar-refractivity contribution is 5.95. The molecule has 0 bridgehead atoms. The van der Waals surface area contributed by atoms with Crippen LogP contribution < -0.4 is 16.0 Å². The number of anilines is 1. The SMILES string of the molecule is CCCCNC(=O)Nc1ccc(C(=O)NC2CCCCC2)cc1. The van der Waals surface area contributed by atoms with Gasteiger partial charge >= 0.3 is 6.03 Å². The average molecular weight is 317 g/mol. The van der Waals surface area contributed by atoms with Gasteiger partial charge in [-0.1, -0.05) is 32.6 Å². The van der Waals surface area contributed by atoms with Crippen LogP contribution >= 0.6 is 0 Å². The quantitative estimate of drug-likeness (QED) is 0.701. The largest absolute Gasteiger partial charge is 0.349 e. The number of unbranched alkanes of at least 4 members (excludes halogenated alkanes) is 1. The minimum absolute atomic E-state index is 0.0316. The van der Waals surface area contributed by atoms with Crippen molar-refractivity contribution in [2.75, 3.05) is 11.9 Å². The number of amides is 3. The first-order chi connectivity index (χ1) is 11.2. The van der Waals surface area contributed by atoms with Crippen LogP contribution in [0.15, 0.2) is 24.3 Å². The van der Waals surface area contributed by atoms with Gasteiger partial charge in [-0.3, -0.25) is 4.79 Å². The molecule has 1 aliphatic carbocycles. The first-order valence-electron chi connectivity index (χ1n) is 8.65. The molecule has 23 heavy (non-hydrogen) atoms. The first kappa shape index (κ1) is 17.3. The van der Waals surface area contributed by atoms with Gasteiger partial charge in [0.1, 0.15) is 0 Å². The zero-order valence-corrected chi connectivity index (χ0v) is 13.9. The fraction of sp³-hybridized carbons (Fsp3) is 0.556. The highest BCUT2D eigenvalue weighted by Crippen LogP contribution is 2.18. The van der Waals surface area contributed by atoms with Crippen LogP contribution in [0, 0.1) is 0 Å². The van der Waals surface area contributed by atoms with Crippen LogP contribution in [0.25, 0.3) is 0 Å². The van der Waals surface area contributed by atoms with E-state index in [-0.39, 0.29) is 11.9 Å². The fourth-order valence-electron chi connectivity index (χ4n) is 2.77. The summed E-state index contributed by atoms with van der Waals surface area (Å²) in [6.07, 6.45) is 7.82. The molecule has 126 valence electrons. The summed E-state index contributed by atoms with van der Waals surface area (Å²) >= 11 is 0. The highest BCUT2D eigenvalue weighted by Gasteiger charge is 2.16. The van der Waals surface area contributed by atoms with Crippen LogP contribution in [0.5, 0.6) is 0 Å². The van der Waals surface area contributed by atoms with Gasteiger partial charge in [0.15, 0.2) is 0 Å². The fourth-order valence-corrected chi connectivity index (χ4v) is 2.77. The van der Waals surface area contributed by atoms with E-state index in [1.807, 2.05) is 0 Å². The molecule has 1 aromatic rings. The summed E-state index contributed by atoms with van der Waals surface area (Å²) in [5.41, 5.74) is 1.32. The molecule has 2 rings (SSSR count). The lowest BCUT2D eigenvalue weighted by Crippen LogP contribution is -2.36. The van der Waals surface area contributed by atoms with E-state index in [9.17, 15) is 9.59 Å².